The van der Waals surface area contributed by atoms with Gasteiger partial charge in [0.25, 0.3) is 11.8 Å². The molecule has 9 heteroatoms. The molecule has 1 aromatic heterocycles. The Bertz CT molecular complexity index is 1050. The van der Waals surface area contributed by atoms with Gasteiger partial charge in [0, 0.05) is 12.1 Å². The number of carbonyl (C=O) groups excluding carboxylic acids is 4. The molecule has 2 N–H and O–H groups in total. The maximum atomic E-state index is 13.1. The monoisotopic (exact) mass is 408 g/mol. The lowest BCUT2D eigenvalue weighted by Crippen LogP contribution is -2.54. The molecule has 2 aliphatic heterocycles. The van der Waals surface area contributed by atoms with E-state index in [9.17, 15) is 19.2 Å². The van der Waals surface area contributed by atoms with E-state index in [0.717, 1.165) is 10.6 Å². The lowest BCUT2D eigenvalue weighted by molar-refractivity contribution is -0.136. The van der Waals surface area contributed by atoms with E-state index in [0.29, 0.717) is 11.4 Å². The van der Waals surface area contributed by atoms with E-state index in [4.69, 9.17) is 4.74 Å². The predicted molar refractivity (Wildman–Crippen MR) is 106 cm³/mol. The Morgan fingerprint density at radius 1 is 1.17 bits per heavy atom. The molecule has 2 aliphatic rings. The van der Waals surface area contributed by atoms with Crippen molar-refractivity contribution in [1.29, 1.82) is 0 Å². The van der Waals surface area contributed by atoms with Gasteiger partial charge in [-0.25, -0.2) is 0 Å². The molecule has 9 nitrogen and oxygen atoms in total. The van der Waals surface area contributed by atoms with Crippen LogP contribution in [0.2, 0.25) is 0 Å². The average molecular weight is 408 g/mol. The lowest BCUT2D eigenvalue weighted by atomic mass is 10.0. The van der Waals surface area contributed by atoms with Crippen molar-refractivity contribution >= 4 is 29.3 Å². The van der Waals surface area contributed by atoms with Crippen LogP contribution in [0, 0.1) is 0 Å². The second kappa shape index (κ2) is 7.58. The summed E-state index contributed by atoms with van der Waals surface area (Å²) < 4.78 is 5.11. The van der Waals surface area contributed by atoms with E-state index in [2.05, 4.69) is 15.6 Å². The van der Waals surface area contributed by atoms with E-state index in [1.54, 1.807) is 37.6 Å². The number of fused-ring (bicyclic) bond motifs is 1. The fourth-order valence-electron chi connectivity index (χ4n) is 3.71. The van der Waals surface area contributed by atoms with E-state index < -0.39 is 29.7 Å². The summed E-state index contributed by atoms with van der Waals surface area (Å²) in [4.78, 5) is 55.0. The number of carbonyl (C=O) groups is 4. The maximum absolute atomic E-state index is 13.1. The third kappa shape index (κ3) is 3.28. The molecular formula is C21H20N4O5. The van der Waals surface area contributed by atoms with Gasteiger partial charge in [0.1, 0.15) is 11.8 Å². The molecular weight excluding hydrogens is 388 g/mol. The minimum Gasteiger partial charge on any atom is -0.495 e. The number of ether oxygens (including phenoxy) is 1. The van der Waals surface area contributed by atoms with E-state index in [1.807, 2.05) is 13.0 Å². The van der Waals surface area contributed by atoms with Crippen molar-refractivity contribution in [2.45, 2.75) is 31.8 Å². The number of aromatic nitrogens is 1. The van der Waals surface area contributed by atoms with Gasteiger partial charge in [-0.3, -0.25) is 34.4 Å². The molecule has 1 fully saturated rings. The SMILES string of the molecule is COc1ccc([C@@H](C)Nc2cccc3c2C(=O)N(C2CCC(=O)NC2=O)C3=O)nc1. The molecule has 0 spiro atoms. The summed E-state index contributed by atoms with van der Waals surface area (Å²) in [6.45, 7) is 1.88. The first kappa shape index (κ1) is 19.6. The smallest absolute Gasteiger partial charge is 0.264 e. The first-order chi connectivity index (χ1) is 14.4. The van der Waals surface area contributed by atoms with Crippen molar-refractivity contribution in [3.8, 4) is 5.75 Å². The molecule has 0 saturated carbocycles. The summed E-state index contributed by atoms with van der Waals surface area (Å²) in [6, 6.07) is 7.28. The molecule has 0 radical (unpaired) electrons. The van der Waals surface area contributed by atoms with Gasteiger partial charge >= 0.3 is 0 Å². The van der Waals surface area contributed by atoms with E-state index in [1.165, 1.54) is 0 Å². The number of nitrogens with zero attached hydrogens (tertiary/aromatic N) is 2. The van der Waals surface area contributed by atoms with Crippen LogP contribution in [-0.2, 0) is 9.59 Å². The fourth-order valence-corrected chi connectivity index (χ4v) is 3.71. The van der Waals surface area contributed by atoms with Crippen LogP contribution in [0.3, 0.4) is 0 Å². The maximum Gasteiger partial charge on any atom is 0.264 e. The van der Waals surface area contributed by atoms with Crippen molar-refractivity contribution < 1.29 is 23.9 Å². The van der Waals surface area contributed by atoms with Crippen LogP contribution < -0.4 is 15.4 Å². The number of rotatable bonds is 5. The molecule has 2 aromatic rings. The van der Waals surface area contributed by atoms with Gasteiger partial charge in [-0.05, 0) is 37.6 Å². The Morgan fingerprint density at radius 2 is 1.97 bits per heavy atom. The zero-order chi connectivity index (χ0) is 21.4. The Labute approximate surface area is 172 Å². The normalized spacial score (nSPS) is 19.4. The minimum absolute atomic E-state index is 0.0785. The quantitative estimate of drug-likeness (QED) is 0.723. The number of piperidine rings is 1. The van der Waals surface area contributed by atoms with Crippen LogP contribution in [0.5, 0.6) is 5.75 Å². The predicted octanol–water partition coefficient (Wildman–Crippen LogP) is 1.66. The number of amides is 4. The fraction of sp³-hybridized carbons (Fsp3) is 0.286. The first-order valence-electron chi connectivity index (χ1n) is 9.51. The van der Waals surface area contributed by atoms with Gasteiger partial charge in [0.2, 0.25) is 11.8 Å². The summed E-state index contributed by atoms with van der Waals surface area (Å²) in [6.07, 6.45) is 1.79. The summed E-state index contributed by atoms with van der Waals surface area (Å²) in [5, 5.41) is 5.42. The van der Waals surface area contributed by atoms with E-state index >= 15 is 0 Å². The number of hydrogen-bond donors (Lipinski definition) is 2. The number of anilines is 1. The average Bonchev–Trinajstić information content (AvgIpc) is 2.99. The van der Waals surface area contributed by atoms with Gasteiger partial charge < -0.3 is 10.1 Å². The van der Waals surface area contributed by atoms with Crippen LogP contribution in [0.1, 0.15) is 52.2 Å². The molecule has 1 saturated heterocycles. The molecule has 0 bridgehead atoms. The van der Waals surface area contributed by atoms with Crippen LogP contribution in [0.15, 0.2) is 36.5 Å². The van der Waals surface area contributed by atoms with Gasteiger partial charge in [0.15, 0.2) is 0 Å². The molecule has 154 valence electrons. The zero-order valence-electron chi connectivity index (χ0n) is 16.5. The first-order valence-corrected chi connectivity index (χ1v) is 9.51. The molecule has 0 aliphatic carbocycles. The van der Waals surface area contributed by atoms with Crippen LogP contribution >= 0.6 is 0 Å². The second-order valence-electron chi connectivity index (χ2n) is 7.16. The van der Waals surface area contributed by atoms with Crippen LogP contribution in [0.25, 0.3) is 0 Å². The second-order valence-corrected chi connectivity index (χ2v) is 7.16. The standard InChI is InChI=1S/C21H20N4O5/c1-11(14-7-6-12(30-2)10-22-14)23-15-5-3-4-13-18(15)21(29)25(20(13)28)16-8-9-17(26)24-19(16)27/h3-7,10-11,16,23H,8-9H2,1-2H3,(H,24,26,27)/t11-,16?/m1/s1. The van der Waals surface area contributed by atoms with Crippen molar-refractivity contribution in [2.24, 2.45) is 0 Å². The highest BCUT2D eigenvalue weighted by molar-refractivity contribution is 6.25. The van der Waals surface area contributed by atoms with Gasteiger partial charge in [0.05, 0.1) is 36.2 Å². The third-order valence-corrected chi connectivity index (χ3v) is 5.28. The molecule has 3 heterocycles. The zero-order valence-corrected chi connectivity index (χ0v) is 16.5. The van der Waals surface area contributed by atoms with E-state index in [-0.39, 0.29) is 30.0 Å². The van der Waals surface area contributed by atoms with Crippen LogP contribution in [-0.4, -0.2) is 46.7 Å². The van der Waals surface area contributed by atoms with Crippen molar-refractivity contribution in [1.82, 2.24) is 15.2 Å². The highest BCUT2D eigenvalue weighted by Crippen LogP contribution is 2.33. The van der Waals surface area contributed by atoms with Crippen molar-refractivity contribution in [3.63, 3.8) is 0 Å². The lowest BCUT2D eigenvalue weighted by Gasteiger charge is -2.27. The molecule has 2 atom stereocenters. The number of hydrogen-bond acceptors (Lipinski definition) is 7. The number of benzene rings is 1. The molecule has 4 rings (SSSR count). The van der Waals surface area contributed by atoms with Gasteiger partial charge in [-0.15, -0.1) is 0 Å². The topological polar surface area (TPSA) is 118 Å². The molecule has 1 unspecified atom stereocenters. The summed E-state index contributed by atoms with van der Waals surface area (Å²) in [7, 11) is 1.56. The highest BCUT2D eigenvalue weighted by Gasteiger charge is 2.45. The van der Waals surface area contributed by atoms with Crippen molar-refractivity contribution in [3.05, 3.63) is 53.3 Å². The van der Waals surface area contributed by atoms with Crippen LogP contribution in [0.4, 0.5) is 5.69 Å². The summed E-state index contributed by atoms with van der Waals surface area (Å²) in [5.74, 6) is -1.50. The Hall–Kier alpha value is -3.75. The number of methoxy groups -OCH3 is 1. The number of imide groups is 2. The largest absolute Gasteiger partial charge is 0.495 e. The minimum atomic E-state index is -0.997. The molecule has 1 aromatic carbocycles. The summed E-state index contributed by atoms with van der Waals surface area (Å²) >= 11 is 0. The Morgan fingerprint density at radius 3 is 2.63 bits per heavy atom. The highest BCUT2D eigenvalue weighted by atomic mass is 16.5. The molecule has 30 heavy (non-hydrogen) atoms. The number of nitrogens with one attached hydrogen (secondary N) is 2. The third-order valence-electron chi connectivity index (χ3n) is 5.28. The Kier molecular flexibility index (Phi) is 4.94. The van der Waals surface area contributed by atoms with Gasteiger partial charge in [-0.2, -0.15) is 0 Å². The number of pyridine rings is 1. The summed E-state index contributed by atoms with van der Waals surface area (Å²) in [5.41, 5.74) is 1.65. The van der Waals surface area contributed by atoms with Gasteiger partial charge in [-0.1, -0.05) is 6.07 Å². The van der Waals surface area contributed by atoms with Crippen molar-refractivity contribution in [2.75, 3.05) is 12.4 Å². The Balaban J connectivity index is 1.61. The molecule has 4 amide bonds.